The summed E-state index contributed by atoms with van der Waals surface area (Å²) in [5.74, 6) is 5.17. The van der Waals surface area contributed by atoms with Crippen molar-refractivity contribution in [2.75, 3.05) is 35.7 Å². The number of nitrogens with two attached hydrogens (primary N) is 1. The SMILES string of the molecule is CCOCc1nc(N)cc(NCC2CCSC2)n1. The van der Waals surface area contributed by atoms with Crippen LogP contribution in [0.1, 0.15) is 19.2 Å². The molecule has 1 unspecified atom stereocenters. The lowest BCUT2D eigenvalue weighted by Crippen LogP contribution is -2.15. The summed E-state index contributed by atoms with van der Waals surface area (Å²) < 4.78 is 5.30. The van der Waals surface area contributed by atoms with Crippen LogP contribution in [0.3, 0.4) is 0 Å². The van der Waals surface area contributed by atoms with E-state index in [1.54, 1.807) is 6.07 Å². The normalized spacial score (nSPS) is 19.1. The van der Waals surface area contributed by atoms with Gasteiger partial charge in [-0.05, 0) is 30.8 Å². The van der Waals surface area contributed by atoms with E-state index in [0.717, 1.165) is 18.3 Å². The maximum absolute atomic E-state index is 5.76. The number of thioether (sulfide) groups is 1. The van der Waals surface area contributed by atoms with Crippen LogP contribution in [0.25, 0.3) is 0 Å². The van der Waals surface area contributed by atoms with Crippen molar-refractivity contribution in [2.45, 2.75) is 20.0 Å². The Morgan fingerprint density at radius 1 is 1.56 bits per heavy atom. The molecule has 0 spiro atoms. The monoisotopic (exact) mass is 268 g/mol. The third-order valence-corrected chi connectivity index (χ3v) is 4.05. The van der Waals surface area contributed by atoms with E-state index in [1.807, 2.05) is 18.7 Å². The van der Waals surface area contributed by atoms with E-state index >= 15 is 0 Å². The van der Waals surface area contributed by atoms with Gasteiger partial charge in [0.1, 0.15) is 18.2 Å². The first-order valence-corrected chi connectivity index (χ1v) is 7.46. The van der Waals surface area contributed by atoms with Gasteiger partial charge < -0.3 is 15.8 Å². The quantitative estimate of drug-likeness (QED) is 0.819. The molecule has 6 heteroatoms. The Morgan fingerprint density at radius 3 is 3.17 bits per heavy atom. The van der Waals surface area contributed by atoms with Crippen molar-refractivity contribution in [3.8, 4) is 0 Å². The number of hydrogen-bond acceptors (Lipinski definition) is 6. The number of nitrogen functional groups attached to an aromatic ring is 1. The van der Waals surface area contributed by atoms with E-state index in [0.29, 0.717) is 24.9 Å². The summed E-state index contributed by atoms with van der Waals surface area (Å²) in [5.41, 5.74) is 5.76. The molecule has 0 aliphatic carbocycles. The second-order valence-electron chi connectivity index (χ2n) is 4.34. The van der Waals surface area contributed by atoms with Crippen LogP contribution >= 0.6 is 11.8 Å². The van der Waals surface area contributed by atoms with Crippen LogP contribution in [0.2, 0.25) is 0 Å². The van der Waals surface area contributed by atoms with E-state index < -0.39 is 0 Å². The molecule has 1 aromatic rings. The van der Waals surface area contributed by atoms with Gasteiger partial charge in [0.2, 0.25) is 0 Å². The number of rotatable bonds is 6. The van der Waals surface area contributed by atoms with Crippen molar-refractivity contribution < 1.29 is 4.74 Å². The number of aromatic nitrogens is 2. The van der Waals surface area contributed by atoms with Gasteiger partial charge in [0, 0.05) is 19.2 Å². The maximum atomic E-state index is 5.76. The van der Waals surface area contributed by atoms with Crippen molar-refractivity contribution in [1.82, 2.24) is 9.97 Å². The van der Waals surface area contributed by atoms with Gasteiger partial charge in [0.15, 0.2) is 5.82 Å². The number of ether oxygens (including phenoxy) is 1. The van der Waals surface area contributed by atoms with E-state index in [-0.39, 0.29) is 0 Å². The fourth-order valence-electron chi connectivity index (χ4n) is 1.86. The molecule has 1 fully saturated rings. The standard InChI is InChI=1S/C12H20N4OS/c1-2-17-7-12-15-10(13)5-11(16-12)14-6-9-3-4-18-8-9/h5,9H,2-4,6-8H2,1H3,(H3,13,14,15,16). The minimum Gasteiger partial charge on any atom is -0.384 e. The van der Waals surface area contributed by atoms with Gasteiger partial charge in [-0.25, -0.2) is 9.97 Å². The molecule has 1 aromatic heterocycles. The molecule has 3 N–H and O–H groups in total. The molecule has 100 valence electrons. The Bertz CT molecular complexity index is 382. The van der Waals surface area contributed by atoms with Crippen molar-refractivity contribution >= 4 is 23.4 Å². The van der Waals surface area contributed by atoms with Crippen molar-refractivity contribution in [3.05, 3.63) is 11.9 Å². The fourth-order valence-corrected chi connectivity index (χ4v) is 3.14. The first-order chi connectivity index (χ1) is 8.78. The predicted octanol–water partition coefficient (Wildman–Crippen LogP) is 1.76. The number of nitrogens with one attached hydrogen (secondary N) is 1. The Kier molecular flexibility index (Phi) is 5.07. The molecule has 1 saturated heterocycles. The Balaban J connectivity index is 1.91. The molecule has 18 heavy (non-hydrogen) atoms. The zero-order valence-electron chi connectivity index (χ0n) is 10.7. The molecule has 2 heterocycles. The molecule has 0 radical (unpaired) electrons. The molecule has 0 saturated carbocycles. The van der Waals surface area contributed by atoms with E-state index in [2.05, 4.69) is 15.3 Å². The van der Waals surface area contributed by atoms with Crippen LogP contribution in [0.5, 0.6) is 0 Å². The van der Waals surface area contributed by atoms with E-state index in [9.17, 15) is 0 Å². The van der Waals surface area contributed by atoms with Gasteiger partial charge in [-0.15, -0.1) is 0 Å². The fraction of sp³-hybridized carbons (Fsp3) is 0.667. The lowest BCUT2D eigenvalue weighted by molar-refractivity contribution is 0.128. The Morgan fingerprint density at radius 2 is 2.44 bits per heavy atom. The largest absolute Gasteiger partial charge is 0.384 e. The summed E-state index contributed by atoms with van der Waals surface area (Å²) in [7, 11) is 0. The van der Waals surface area contributed by atoms with Crippen LogP contribution in [0, 0.1) is 5.92 Å². The molecule has 0 bridgehead atoms. The molecule has 1 aliphatic heterocycles. The van der Waals surface area contributed by atoms with Crippen LogP contribution in [-0.2, 0) is 11.3 Å². The highest BCUT2D eigenvalue weighted by Crippen LogP contribution is 2.23. The van der Waals surface area contributed by atoms with Crippen molar-refractivity contribution in [1.29, 1.82) is 0 Å². The van der Waals surface area contributed by atoms with Gasteiger partial charge in [-0.1, -0.05) is 0 Å². The Labute approximate surface area is 112 Å². The summed E-state index contributed by atoms with van der Waals surface area (Å²) in [6.07, 6.45) is 1.28. The number of hydrogen-bond donors (Lipinski definition) is 2. The number of nitrogens with zero attached hydrogens (tertiary/aromatic N) is 2. The van der Waals surface area contributed by atoms with Gasteiger partial charge in [0.05, 0.1) is 0 Å². The van der Waals surface area contributed by atoms with Gasteiger partial charge in [-0.3, -0.25) is 0 Å². The zero-order chi connectivity index (χ0) is 12.8. The summed E-state index contributed by atoms with van der Waals surface area (Å²) in [5, 5.41) is 3.34. The molecule has 2 rings (SSSR count). The first-order valence-electron chi connectivity index (χ1n) is 6.30. The molecule has 1 atom stereocenters. The van der Waals surface area contributed by atoms with Crippen molar-refractivity contribution in [3.63, 3.8) is 0 Å². The smallest absolute Gasteiger partial charge is 0.158 e. The third kappa shape index (κ3) is 4.03. The highest BCUT2D eigenvalue weighted by molar-refractivity contribution is 7.99. The lowest BCUT2D eigenvalue weighted by atomic mass is 10.1. The molecule has 0 amide bonds. The third-order valence-electron chi connectivity index (χ3n) is 2.82. The second kappa shape index (κ2) is 6.80. The molecular weight excluding hydrogens is 248 g/mol. The van der Waals surface area contributed by atoms with Gasteiger partial charge in [0.25, 0.3) is 0 Å². The van der Waals surface area contributed by atoms with Crippen LogP contribution in [-0.4, -0.2) is 34.6 Å². The van der Waals surface area contributed by atoms with Gasteiger partial charge in [-0.2, -0.15) is 11.8 Å². The molecular formula is C12H20N4OS. The lowest BCUT2D eigenvalue weighted by Gasteiger charge is -2.11. The van der Waals surface area contributed by atoms with Crippen molar-refractivity contribution in [2.24, 2.45) is 5.92 Å². The minimum absolute atomic E-state index is 0.412. The average molecular weight is 268 g/mol. The highest BCUT2D eigenvalue weighted by atomic mass is 32.2. The van der Waals surface area contributed by atoms with Crippen LogP contribution in [0.4, 0.5) is 11.6 Å². The predicted molar refractivity (Wildman–Crippen MR) is 75.7 cm³/mol. The average Bonchev–Trinajstić information content (AvgIpc) is 2.86. The van der Waals surface area contributed by atoms with Crippen LogP contribution < -0.4 is 11.1 Å². The van der Waals surface area contributed by atoms with Crippen LogP contribution in [0.15, 0.2) is 6.07 Å². The van der Waals surface area contributed by atoms with E-state index in [1.165, 1.54) is 17.9 Å². The molecule has 0 aromatic carbocycles. The first kappa shape index (κ1) is 13.4. The summed E-state index contributed by atoms with van der Waals surface area (Å²) >= 11 is 2.02. The number of anilines is 2. The topological polar surface area (TPSA) is 73.1 Å². The summed E-state index contributed by atoms with van der Waals surface area (Å²) in [6, 6.07) is 1.78. The maximum Gasteiger partial charge on any atom is 0.158 e. The molecule has 5 nitrogen and oxygen atoms in total. The Hall–Kier alpha value is -1.01. The second-order valence-corrected chi connectivity index (χ2v) is 5.49. The summed E-state index contributed by atoms with van der Waals surface area (Å²) in [4.78, 5) is 8.55. The summed E-state index contributed by atoms with van der Waals surface area (Å²) in [6.45, 7) is 3.97. The molecule has 1 aliphatic rings. The van der Waals surface area contributed by atoms with Gasteiger partial charge >= 0.3 is 0 Å². The minimum atomic E-state index is 0.412. The zero-order valence-corrected chi connectivity index (χ0v) is 11.5. The van der Waals surface area contributed by atoms with E-state index in [4.69, 9.17) is 10.5 Å². The highest BCUT2D eigenvalue weighted by Gasteiger charge is 2.15.